The molecule has 1 rings (SSSR count). The predicted octanol–water partition coefficient (Wildman–Crippen LogP) is 1.82. The van der Waals surface area contributed by atoms with Crippen LogP contribution >= 0.6 is 11.6 Å². The van der Waals surface area contributed by atoms with Crippen molar-refractivity contribution in [1.29, 1.82) is 0 Å². The van der Waals surface area contributed by atoms with Crippen molar-refractivity contribution < 1.29 is 17.9 Å². The molecule has 1 N–H and O–H groups in total. The molecule has 0 bridgehead atoms. The van der Waals surface area contributed by atoms with Crippen molar-refractivity contribution in [3.05, 3.63) is 28.8 Å². The van der Waals surface area contributed by atoms with Crippen LogP contribution in [0.15, 0.2) is 18.2 Å². The molecule has 1 unspecified atom stereocenters. The van der Waals surface area contributed by atoms with E-state index in [0.29, 0.717) is 11.3 Å². The highest BCUT2D eigenvalue weighted by Gasteiger charge is 2.17. The average Bonchev–Trinajstić information content (AvgIpc) is 2.36. The van der Waals surface area contributed by atoms with Crippen molar-refractivity contribution >= 4 is 33.2 Å². The van der Waals surface area contributed by atoms with E-state index in [-0.39, 0.29) is 16.7 Å². The molecular formula is C13H19ClN2O4S. The SMILES string of the molecule is COC(C)CS(=O)(=O)Nc1ccc(C(=O)N(C)C)c(Cl)c1. The van der Waals surface area contributed by atoms with Gasteiger partial charge in [-0.2, -0.15) is 0 Å². The Bertz CT molecular complexity index is 617. The molecule has 1 amide bonds. The van der Waals surface area contributed by atoms with Crippen LogP contribution in [-0.2, 0) is 14.8 Å². The molecule has 0 aliphatic carbocycles. The van der Waals surface area contributed by atoms with Crippen LogP contribution in [0.2, 0.25) is 5.02 Å². The molecule has 0 aliphatic rings. The molecule has 118 valence electrons. The second-order valence-corrected chi connectivity index (χ2v) is 7.00. The third-order valence-electron chi connectivity index (χ3n) is 2.74. The van der Waals surface area contributed by atoms with Gasteiger partial charge in [-0.15, -0.1) is 0 Å². The number of halogens is 1. The van der Waals surface area contributed by atoms with Crippen LogP contribution in [0.3, 0.4) is 0 Å². The minimum atomic E-state index is -3.54. The monoisotopic (exact) mass is 334 g/mol. The highest BCUT2D eigenvalue weighted by molar-refractivity contribution is 7.92. The zero-order valence-electron chi connectivity index (χ0n) is 12.4. The number of hydrogen-bond donors (Lipinski definition) is 1. The number of benzene rings is 1. The van der Waals surface area contributed by atoms with Crippen LogP contribution in [0.1, 0.15) is 17.3 Å². The van der Waals surface area contributed by atoms with E-state index >= 15 is 0 Å². The lowest BCUT2D eigenvalue weighted by atomic mass is 10.2. The van der Waals surface area contributed by atoms with E-state index in [4.69, 9.17) is 16.3 Å². The van der Waals surface area contributed by atoms with Crippen molar-refractivity contribution in [2.45, 2.75) is 13.0 Å². The van der Waals surface area contributed by atoms with E-state index in [0.717, 1.165) is 0 Å². The van der Waals surface area contributed by atoms with Crippen LogP contribution in [0, 0.1) is 0 Å². The largest absolute Gasteiger partial charge is 0.381 e. The Labute approximate surface area is 130 Å². The van der Waals surface area contributed by atoms with Crippen molar-refractivity contribution in [3.8, 4) is 0 Å². The van der Waals surface area contributed by atoms with Gasteiger partial charge in [0.05, 0.1) is 22.4 Å². The van der Waals surface area contributed by atoms with Gasteiger partial charge in [0.15, 0.2) is 0 Å². The molecule has 0 aromatic heterocycles. The first-order valence-electron chi connectivity index (χ1n) is 6.20. The molecule has 1 aromatic carbocycles. The van der Waals surface area contributed by atoms with Gasteiger partial charge < -0.3 is 9.64 Å². The Morgan fingerprint density at radius 3 is 2.52 bits per heavy atom. The maximum Gasteiger partial charge on any atom is 0.254 e. The summed E-state index contributed by atoms with van der Waals surface area (Å²) in [5.41, 5.74) is 0.619. The van der Waals surface area contributed by atoms with Gasteiger partial charge in [0.1, 0.15) is 0 Å². The number of anilines is 1. The number of nitrogens with zero attached hydrogens (tertiary/aromatic N) is 1. The molecule has 0 heterocycles. The molecule has 1 atom stereocenters. The molecule has 0 fully saturated rings. The van der Waals surface area contributed by atoms with Crippen LogP contribution < -0.4 is 4.72 Å². The Kier molecular flexibility index (Phi) is 6.00. The lowest BCUT2D eigenvalue weighted by Crippen LogP contribution is -2.25. The highest BCUT2D eigenvalue weighted by atomic mass is 35.5. The lowest BCUT2D eigenvalue weighted by Gasteiger charge is -2.14. The second kappa shape index (κ2) is 7.11. The third kappa shape index (κ3) is 5.18. The number of carbonyl (C=O) groups excluding carboxylic acids is 1. The van der Waals surface area contributed by atoms with Crippen molar-refractivity contribution in [3.63, 3.8) is 0 Å². The second-order valence-electron chi connectivity index (χ2n) is 4.82. The fraction of sp³-hybridized carbons (Fsp3) is 0.462. The number of amides is 1. The standard InChI is InChI=1S/C13H19ClN2O4S/c1-9(20-4)8-21(18,19)15-10-5-6-11(12(14)7-10)13(17)16(2)3/h5-7,9,15H,8H2,1-4H3. The smallest absolute Gasteiger partial charge is 0.254 e. The number of rotatable bonds is 6. The number of hydrogen-bond acceptors (Lipinski definition) is 4. The third-order valence-corrected chi connectivity index (χ3v) is 4.50. The van der Waals surface area contributed by atoms with Crippen LogP contribution in [0.25, 0.3) is 0 Å². The highest BCUT2D eigenvalue weighted by Crippen LogP contribution is 2.22. The number of sulfonamides is 1. The van der Waals surface area contributed by atoms with E-state index in [1.807, 2.05) is 0 Å². The van der Waals surface area contributed by atoms with Crippen LogP contribution in [0.5, 0.6) is 0 Å². The van der Waals surface area contributed by atoms with Gasteiger partial charge in [-0.3, -0.25) is 9.52 Å². The quantitative estimate of drug-likeness (QED) is 0.861. The van der Waals surface area contributed by atoms with E-state index < -0.39 is 16.1 Å². The van der Waals surface area contributed by atoms with Gasteiger partial charge in [0, 0.05) is 26.9 Å². The summed E-state index contributed by atoms with van der Waals surface area (Å²) in [4.78, 5) is 13.2. The molecule has 0 aliphatic heterocycles. The molecule has 0 saturated heterocycles. The molecule has 21 heavy (non-hydrogen) atoms. The predicted molar refractivity (Wildman–Crippen MR) is 83.4 cm³/mol. The van der Waals surface area contributed by atoms with Gasteiger partial charge in [-0.1, -0.05) is 11.6 Å². The fourth-order valence-corrected chi connectivity index (χ4v) is 3.18. The fourth-order valence-electron chi connectivity index (χ4n) is 1.59. The Hall–Kier alpha value is -1.31. The van der Waals surface area contributed by atoms with Gasteiger partial charge in [-0.05, 0) is 25.1 Å². The zero-order valence-corrected chi connectivity index (χ0v) is 14.0. The molecule has 1 aromatic rings. The first-order chi connectivity index (χ1) is 9.66. The number of carbonyl (C=O) groups is 1. The summed E-state index contributed by atoms with van der Waals surface area (Å²) in [5.74, 6) is -0.415. The van der Waals surface area contributed by atoms with Gasteiger partial charge in [0.25, 0.3) is 5.91 Å². The minimum absolute atomic E-state index is 0.167. The summed E-state index contributed by atoms with van der Waals surface area (Å²) in [7, 11) is 1.13. The molecule has 0 saturated carbocycles. The topological polar surface area (TPSA) is 75.7 Å². The summed E-state index contributed by atoms with van der Waals surface area (Å²) in [6.45, 7) is 1.66. The first-order valence-corrected chi connectivity index (χ1v) is 8.24. The first kappa shape index (κ1) is 17.7. The lowest BCUT2D eigenvalue weighted by molar-refractivity contribution is 0.0828. The van der Waals surface area contributed by atoms with Gasteiger partial charge in [-0.25, -0.2) is 8.42 Å². The summed E-state index contributed by atoms with van der Waals surface area (Å²) in [6, 6.07) is 4.40. The Morgan fingerprint density at radius 2 is 2.05 bits per heavy atom. The maximum atomic E-state index is 11.9. The summed E-state index contributed by atoms with van der Waals surface area (Å²) >= 11 is 6.02. The van der Waals surface area contributed by atoms with Crippen molar-refractivity contribution in [1.82, 2.24) is 4.90 Å². The summed E-state index contributed by atoms with van der Waals surface area (Å²) in [6.07, 6.45) is -0.424. The molecule has 0 spiro atoms. The van der Waals surface area contributed by atoms with Crippen LogP contribution in [-0.4, -0.2) is 52.3 Å². The maximum absolute atomic E-state index is 11.9. The molecule has 0 radical (unpaired) electrons. The van der Waals surface area contributed by atoms with E-state index in [2.05, 4.69) is 4.72 Å². The van der Waals surface area contributed by atoms with Crippen molar-refractivity contribution in [2.24, 2.45) is 0 Å². The van der Waals surface area contributed by atoms with Gasteiger partial charge >= 0.3 is 0 Å². The van der Waals surface area contributed by atoms with Crippen LogP contribution in [0.4, 0.5) is 5.69 Å². The minimum Gasteiger partial charge on any atom is -0.381 e. The normalized spacial score (nSPS) is 12.8. The number of methoxy groups -OCH3 is 1. The van der Waals surface area contributed by atoms with E-state index in [1.54, 1.807) is 21.0 Å². The number of ether oxygens (including phenoxy) is 1. The molecular weight excluding hydrogens is 316 g/mol. The van der Waals surface area contributed by atoms with E-state index in [1.165, 1.54) is 30.2 Å². The summed E-state index contributed by atoms with van der Waals surface area (Å²) in [5, 5.41) is 0.189. The van der Waals surface area contributed by atoms with E-state index in [9.17, 15) is 13.2 Å². The average molecular weight is 335 g/mol. The van der Waals surface area contributed by atoms with Gasteiger partial charge in [0.2, 0.25) is 10.0 Å². The number of nitrogens with one attached hydrogen (secondary N) is 1. The Morgan fingerprint density at radius 1 is 1.43 bits per heavy atom. The molecule has 6 nitrogen and oxygen atoms in total. The zero-order chi connectivity index (χ0) is 16.2. The van der Waals surface area contributed by atoms with Crippen molar-refractivity contribution in [2.75, 3.05) is 31.7 Å². The molecule has 8 heteroatoms. The summed E-state index contributed by atoms with van der Waals surface area (Å²) < 4.78 is 31.1. The Balaban J connectivity index is 2.93.